The van der Waals surface area contributed by atoms with Crippen LogP contribution in [0.1, 0.15) is 26.5 Å². The van der Waals surface area contributed by atoms with Crippen LogP contribution in [0.2, 0.25) is 0 Å². The van der Waals surface area contributed by atoms with E-state index in [4.69, 9.17) is 0 Å². The van der Waals surface area contributed by atoms with E-state index in [2.05, 4.69) is 15.0 Å². The third-order valence-corrected chi connectivity index (χ3v) is 5.02. The highest BCUT2D eigenvalue weighted by molar-refractivity contribution is 6.06. The van der Waals surface area contributed by atoms with Gasteiger partial charge in [-0.3, -0.25) is 14.2 Å². The smallest absolute Gasteiger partial charge is 0.341 e. The van der Waals surface area contributed by atoms with Crippen LogP contribution in [0.25, 0.3) is 16.6 Å². The number of hydrogen-bond donors (Lipinski definition) is 2. The molecule has 1 amide bonds. The molecule has 0 aliphatic rings. The van der Waals surface area contributed by atoms with Crippen molar-refractivity contribution in [2.24, 2.45) is 0 Å². The van der Waals surface area contributed by atoms with Gasteiger partial charge in [-0.2, -0.15) is 0 Å². The second-order valence-electron chi connectivity index (χ2n) is 7.01. The van der Waals surface area contributed by atoms with E-state index in [9.17, 15) is 19.5 Å². The molecule has 4 aromatic rings. The maximum absolute atomic E-state index is 12.9. The number of carbonyl (C=O) groups excluding carboxylic acids is 2. The number of phenolic OH excluding ortho intramolecular Hbond substituents is 1. The van der Waals surface area contributed by atoms with Crippen LogP contribution in [-0.2, 0) is 4.74 Å². The number of aromatic hydroxyl groups is 1. The molecular formula is C24H19N3O5. The molecule has 0 radical (unpaired) electrons. The summed E-state index contributed by atoms with van der Waals surface area (Å²) in [6.45, 7) is 1.74. The van der Waals surface area contributed by atoms with Crippen LogP contribution in [0.5, 0.6) is 5.75 Å². The Morgan fingerprint density at radius 3 is 2.44 bits per heavy atom. The van der Waals surface area contributed by atoms with Gasteiger partial charge in [-0.1, -0.05) is 18.2 Å². The van der Waals surface area contributed by atoms with E-state index < -0.39 is 11.9 Å². The monoisotopic (exact) mass is 429 g/mol. The maximum Gasteiger partial charge on any atom is 0.341 e. The van der Waals surface area contributed by atoms with E-state index in [1.807, 2.05) is 6.07 Å². The zero-order chi connectivity index (χ0) is 22.8. The Labute approximate surface area is 182 Å². The lowest BCUT2D eigenvalue weighted by atomic mass is 10.1. The number of methoxy groups -OCH3 is 1. The highest BCUT2D eigenvalue weighted by Crippen LogP contribution is 2.28. The quantitative estimate of drug-likeness (QED) is 0.380. The van der Waals surface area contributed by atoms with E-state index in [1.54, 1.807) is 49.4 Å². The molecule has 0 bridgehead atoms. The number of rotatable bonds is 4. The molecule has 160 valence electrons. The van der Waals surface area contributed by atoms with E-state index >= 15 is 0 Å². The molecule has 0 fully saturated rings. The second kappa shape index (κ2) is 8.35. The molecule has 0 saturated carbocycles. The predicted molar refractivity (Wildman–Crippen MR) is 119 cm³/mol. The van der Waals surface area contributed by atoms with Gasteiger partial charge in [0.1, 0.15) is 11.4 Å². The van der Waals surface area contributed by atoms with Gasteiger partial charge in [0.2, 0.25) is 0 Å². The van der Waals surface area contributed by atoms with Crippen LogP contribution < -0.4 is 10.9 Å². The topological polar surface area (TPSA) is 111 Å². The third kappa shape index (κ3) is 3.69. The summed E-state index contributed by atoms with van der Waals surface area (Å²) >= 11 is 0. The first-order valence-corrected chi connectivity index (χ1v) is 9.71. The first-order chi connectivity index (χ1) is 15.4. The number of hydrogen-bond acceptors (Lipinski definition) is 6. The van der Waals surface area contributed by atoms with Crippen molar-refractivity contribution in [3.63, 3.8) is 0 Å². The molecule has 3 aromatic carbocycles. The average molecular weight is 429 g/mol. The lowest BCUT2D eigenvalue weighted by molar-refractivity contribution is 0.0597. The van der Waals surface area contributed by atoms with E-state index in [0.717, 1.165) is 0 Å². The Bertz CT molecular complexity index is 1410. The van der Waals surface area contributed by atoms with Crippen molar-refractivity contribution >= 4 is 28.5 Å². The molecule has 0 aliphatic carbocycles. The van der Waals surface area contributed by atoms with Gasteiger partial charge in [-0.05, 0) is 55.5 Å². The van der Waals surface area contributed by atoms with Gasteiger partial charge >= 0.3 is 5.97 Å². The van der Waals surface area contributed by atoms with Crippen molar-refractivity contribution in [1.82, 2.24) is 9.55 Å². The SMILES string of the molecule is COC(=O)c1cccc(NC(=O)c2ccc(-n3c(C)nc4ccccc4c3=O)cc2)c1O. The third-order valence-electron chi connectivity index (χ3n) is 5.02. The number of amides is 1. The normalized spacial score (nSPS) is 10.7. The fraction of sp³-hybridized carbons (Fsp3) is 0.0833. The number of nitrogens with one attached hydrogen (secondary N) is 1. The number of para-hydroxylation sites is 2. The second-order valence-corrected chi connectivity index (χ2v) is 7.01. The highest BCUT2D eigenvalue weighted by atomic mass is 16.5. The van der Waals surface area contributed by atoms with Crippen LogP contribution in [-0.4, -0.2) is 33.6 Å². The summed E-state index contributed by atoms with van der Waals surface area (Å²) in [6, 6.07) is 17.9. The fourth-order valence-corrected chi connectivity index (χ4v) is 3.42. The molecule has 2 N–H and O–H groups in total. The number of anilines is 1. The number of carbonyl (C=O) groups is 2. The molecule has 4 rings (SSSR count). The Balaban J connectivity index is 1.63. The molecule has 0 aliphatic heterocycles. The molecule has 1 aromatic heterocycles. The van der Waals surface area contributed by atoms with Gasteiger partial charge < -0.3 is 15.2 Å². The van der Waals surface area contributed by atoms with Gasteiger partial charge in [0.25, 0.3) is 11.5 Å². The maximum atomic E-state index is 12.9. The predicted octanol–water partition coefficient (Wildman–Crippen LogP) is 3.44. The molecule has 1 heterocycles. The first kappa shape index (κ1) is 20.8. The molecule has 0 spiro atoms. The van der Waals surface area contributed by atoms with Crippen molar-refractivity contribution in [2.45, 2.75) is 6.92 Å². The standard InChI is InChI=1S/C24H19N3O5/c1-14-25-19-8-4-3-6-17(19)23(30)27(14)16-12-10-15(11-13-16)22(29)26-20-9-5-7-18(21(20)28)24(31)32-2/h3-13,28H,1-2H3,(H,26,29). The highest BCUT2D eigenvalue weighted by Gasteiger charge is 2.17. The lowest BCUT2D eigenvalue weighted by Crippen LogP contribution is -2.22. The summed E-state index contributed by atoms with van der Waals surface area (Å²) in [4.78, 5) is 41.8. The van der Waals surface area contributed by atoms with Crippen LogP contribution in [0.15, 0.2) is 71.5 Å². The minimum Gasteiger partial charge on any atom is -0.505 e. The summed E-state index contributed by atoms with van der Waals surface area (Å²) in [6.07, 6.45) is 0. The summed E-state index contributed by atoms with van der Waals surface area (Å²) in [7, 11) is 1.20. The average Bonchev–Trinajstić information content (AvgIpc) is 2.80. The minimum atomic E-state index is -0.715. The molecule has 8 nitrogen and oxygen atoms in total. The Kier molecular flexibility index (Phi) is 5.43. The van der Waals surface area contributed by atoms with Crippen molar-refractivity contribution in [3.8, 4) is 11.4 Å². The number of fused-ring (bicyclic) bond motifs is 1. The molecule has 0 unspecified atom stereocenters. The van der Waals surface area contributed by atoms with Crippen molar-refractivity contribution < 1.29 is 19.4 Å². The summed E-state index contributed by atoms with van der Waals surface area (Å²) < 4.78 is 6.10. The van der Waals surface area contributed by atoms with Crippen LogP contribution in [0.4, 0.5) is 5.69 Å². The van der Waals surface area contributed by atoms with Crippen LogP contribution >= 0.6 is 0 Å². The largest absolute Gasteiger partial charge is 0.505 e. The zero-order valence-corrected chi connectivity index (χ0v) is 17.3. The fourth-order valence-electron chi connectivity index (χ4n) is 3.42. The Hall–Kier alpha value is -4.46. The van der Waals surface area contributed by atoms with E-state index in [-0.39, 0.29) is 22.6 Å². The van der Waals surface area contributed by atoms with Gasteiger partial charge in [-0.25, -0.2) is 9.78 Å². The van der Waals surface area contributed by atoms with Crippen molar-refractivity contribution in [2.75, 3.05) is 12.4 Å². The van der Waals surface area contributed by atoms with Gasteiger partial charge in [0, 0.05) is 5.56 Å². The van der Waals surface area contributed by atoms with Gasteiger partial charge in [0.05, 0.1) is 29.4 Å². The summed E-state index contributed by atoms with van der Waals surface area (Å²) in [5.74, 6) is -1.06. The van der Waals surface area contributed by atoms with E-state index in [1.165, 1.54) is 29.9 Å². The Morgan fingerprint density at radius 1 is 1.00 bits per heavy atom. The molecular weight excluding hydrogens is 410 g/mol. The lowest BCUT2D eigenvalue weighted by Gasteiger charge is -2.12. The van der Waals surface area contributed by atoms with Gasteiger partial charge in [0.15, 0.2) is 5.75 Å². The Morgan fingerprint density at radius 2 is 1.72 bits per heavy atom. The van der Waals surface area contributed by atoms with Crippen LogP contribution in [0.3, 0.4) is 0 Å². The van der Waals surface area contributed by atoms with E-state index in [0.29, 0.717) is 28.0 Å². The minimum absolute atomic E-state index is 0.0562. The number of aryl methyl sites for hydroxylation is 1. The summed E-state index contributed by atoms with van der Waals surface area (Å²) in [5, 5.41) is 13.3. The number of aromatic nitrogens is 2. The number of esters is 1. The number of phenols is 1. The molecule has 32 heavy (non-hydrogen) atoms. The van der Waals surface area contributed by atoms with Crippen LogP contribution in [0, 0.1) is 6.92 Å². The number of benzene rings is 3. The first-order valence-electron chi connectivity index (χ1n) is 9.71. The number of ether oxygens (including phenoxy) is 1. The zero-order valence-electron chi connectivity index (χ0n) is 17.3. The van der Waals surface area contributed by atoms with Crippen molar-refractivity contribution in [3.05, 3.63) is 94.0 Å². The molecule has 8 heteroatoms. The molecule has 0 saturated heterocycles. The van der Waals surface area contributed by atoms with Crippen molar-refractivity contribution in [1.29, 1.82) is 0 Å². The van der Waals surface area contributed by atoms with Gasteiger partial charge in [-0.15, -0.1) is 0 Å². The summed E-state index contributed by atoms with van der Waals surface area (Å²) in [5.41, 5.74) is 1.31. The number of nitrogens with zero attached hydrogens (tertiary/aromatic N) is 2. The molecule has 0 atom stereocenters.